The van der Waals surface area contributed by atoms with Gasteiger partial charge in [-0.05, 0) is 44.0 Å². The predicted octanol–water partition coefficient (Wildman–Crippen LogP) is 1.96. The molecule has 1 heterocycles. The van der Waals surface area contributed by atoms with Gasteiger partial charge in [0.1, 0.15) is 5.82 Å². The number of fused-ring (bicyclic) bond motifs is 1. The van der Waals surface area contributed by atoms with Crippen LogP contribution in [-0.2, 0) is 16.4 Å². The summed E-state index contributed by atoms with van der Waals surface area (Å²) in [5, 5.41) is 7.35. The van der Waals surface area contributed by atoms with Gasteiger partial charge >= 0.3 is 0 Å². The number of H-pyrrole nitrogens is 1. The quantitative estimate of drug-likeness (QED) is 0.179. The zero-order valence-corrected chi connectivity index (χ0v) is 18.7. The largest absolute Gasteiger partial charge is 0.361 e. The van der Waals surface area contributed by atoms with E-state index < -0.39 is 10.0 Å². The number of sulfonamides is 1. The fourth-order valence-corrected chi connectivity index (χ4v) is 3.10. The molecule has 0 amide bonds. The number of rotatable bonds is 9. The fraction of sp³-hybridized carbons (Fsp3) is 0.471. The topological polar surface area (TPSA) is 98.4 Å². The van der Waals surface area contributed by atoms with E-state index in [1.54, 1.807) is 13.0 Å². The molecule has 2 aromatic rings. The van der Waals surface area contributed by atoms with E-state index in [9.17, 15) is 12.8 Å². The molecule has 2 rings (SSSR count). The Hall–Kier alpha value is -1.40. The van der Waals surface area contributed by atoms with Crippen LogP contribution in [0.2, 0.25) is 0 Å². The van der Waals surface area contributed by atoms with Gasteiger partial charge in [-0.3, -0.25) is 4.99 Å². The van der Waals surface area contributed by atoms with Crippen molar-refractivity contribution >= 4 is 50.9 Å². The Kier molecular flexibility index (Phi) is 10.0. The first-order valence-corrected chi connectivity index (χ1v) is 10.4. The molecule has 0 fully saturated rings. The van der Waals surface area contributed by atoms with Crippen molar-refractivity contribution in [3.8, 4) is 0 Å². The second-order valence-electron chi connectivity index (χ2n) is 5.74. The monoisotopic (exact) mass is 511 g/mol. The molecule has 0 aliphatic heterocycles. The van der Waals surface area contributed by atoms with E-state index in [0.29, 0.717) is 25.6 Å². The van der Waals surface area contributed by atoms with E-state index in [4.69, 9.17) is 0 Å². The maximum absolute atomic E-state index is 13.2. The summed E-state index contributed by atoms with van der Waals surface area (Å²) in [7, 11) is -3.19. The number of aliphatic imine (C=N–C) groups is 1. The molecule has 4 N–H and O–H groups in total. The first-order chi connectivity index (χ1) is 12.4. The SMILES string of the molecule is CCNC(=NCCNS(=O)(=O)CC)NCCc1c[nH]c2cc(F)ccc12.I. The van der Waals surface area contributed by atoms with E-state index in [1.807, 2.05) is 13.1 Å². The number of benzene rings is 1. The molecule has 0 unspecified atom stereocenters. The number of nitrogens with zero attached hydrogens (tertiary/aromatic N) is 1. The van der Waals surface area contributed by atoms with Gasteiger partial charge in [0.05, 0.1) is 12.3 Å². The summed E-state index contributed by atoms with van der Waals surface area (Å²) < 4.78 is 38.5. The average molecular weight is 511 g/mol. The van der Waals surface area contributed by atoms with Crippen molar-refractivity contribution in [1.29, 1.82) is 0 Å². The summed E-state index contributed by atoms with van der Waals surface area (Å²) in [6, 6.07) is 4.71. The minimum absolute atomic E-state index is 0. The maximum atomic E-state index is 13.2. The van der Waals surface area contributed by atoms with Gasteiger partial charge in [-0.1, -0.05) is 0 Å². The third kappa shape index (κ3) is 7.62. The number of aromatic nitrogens is 1. The summed E-state index contributed by atoms with van der Waals surface area (Å²) in [5.74, 6) is 0.433. The second-order valence-corrected chi connectivity index (χ2v) is 7.83. The molecule has 1 aromatic carbocycles. The Morgan fingerprint density at radius 1 is 1.22 bits per heavy atom. The molecule has 7 nitrogen and oxygen atoms in total. The molecule has 0 radical (unpaired) electrons. The Morgan fingerprint density at radius 3 is 2.70 bits per heavy atom. The van der Waals surface area contributed by atoms with Crippen molar-refractivity contribution in [1.82, 2.24) is 20.3 Å². The predicted molar refractivity (Wildman–Crippen MR) is 119 cm³/mol. The van der Waals surface area contributed by atoms with E-state index in [-0.39, 0.29) is 42.1 Å². The Morgan fingerprint density at radius 2 is 2.00 bits per heavy atom. The Labute approximate surface area is 176 Å². The zero-order valence-electron chi connectivity index (χ0n) is 15.5. The number of hydrogen-bond acceptors (Lipinski definition) is 3. The highest BCUT2D eigenvalue weighted by molar-refractivity contribution is 14.0. The highest BCUT2D eigenvalue weighted by atomic mass is 127. The lowest BCUT2D eigenvalue weighted by atomic mass is 10.1. The van der Waals surface area contributed by atoms with Gasteiger partial charge in [0.15, 0.2) is 5.96 Å². The molecular weight excluding hydrogens is 484 g/mol. The first-order valence-electron chi connectivity index (χ1n) is 8.70. The van der Waals surface area contributed by atoms with Crippen molar-refractivity contribution in [2.75, 3.05) is 31.9 Å². The van der Waals surface area contributed by atoms with E-state index in [1.165, 1.54) is 12.1 Å². The third-order valence-electron chi connectivity index (χ3n) is 3.84. The number of halogens is 2. The summed E-state index contributed by atoms with van der Waals surface area (Å²) >= 11 is 0. The third-order valence-corrected chi connectivity index (χ3v) is 5.25. The molecule has 27 heavy (non-hydrogen) atoms. The molecule has 1 aromatic heterocycles. The van der Waals surface area contributed by atoms with E-state index >= 15 is 0 Å². The Bertz CT molecular complexity index is 854. The highest BCUT2D eigenvalue weighted by Gasteiger charge is 2.06. The lowest BCUT2D eigenvalue weighted by Crippen LogP contribution is -2.39. The molecule has 0 aliphatic carbocycles. The lowest BCUT2D eigenvalue weighted by Gasteiger charge is -2.11. The van der Waals surface area contributed by atoms with Crippen molar-refractivity contribution in [3.63, 3.8) is 0 Å². The summed E-state index contributed by atoms with van der Waals surface area (Å²) in [6.45, 7) is 5.53. The van der Waals surface area contributed by atoms with Crippen LogP contribution in [0.15, 0.2) is 29.4 Å². The van der Waals surface area contributed by atoms with Gasteiger partial charge in [0.2, 0.25) is 10.0 Å². The van der Waals surface area contributed by atoms with Gasteiger partial charge in [0.25, 0.3) is 0 Å². The normalized spacial score (nSPS) is 12.0. The van der Waals surface area contributed by atoms with E-state index in [0.717, 1.165) is 22.9 Å². The second kappa shape index (κ2) is 11.4. The molecule has 0 saturated heterocycles. The van der Waals surface area contributed by atoms with Crippen LogP contribution in [0.4, 0.5) is 4.39 Å². The minimum Gasteiger partial charge on any atom is -0.361 e. The molecule has 0 aliphatic rings. The molecule has 0 bridgehead atoms. The number of guanidine groups is 1. The van der Waals surface area contributed by atoms with Gasteiger partial charge in [-0.15, -0.1) is 24.0 Å². The Balaban J connectivity index is 0.00000364. The van der Waals surface area contributed by atoms with Crippen LogP contribution in [-0.4, -0.2) is 51.3 Å². The van der Waals surface area contributed by atoms with Gasteiger partial charge in [0, 0.05) is 36.7 Å². The fourth-order valence-electron chi connectivity index (χ4n) is 2.49. The van der Waals surface area contributed by atoms with Gasteiger partial charge in [-0.25, -0.2) is 17.5 Å². The summed E-state index contributed by atoms with van der Waals surface area (Å²) in [4.78, 5) is 7.43. The standard InChI is InChI=1S/C17H26FN5O2S.HI/c1-3-19-17(21-9-10-23-26(24,25)4-2)20-8-7-13-12-22-16-11-14(18)5-6-15(13)16;/h5-6,11-12,22-23H,3-4,7-10H2,1-2H3,(H2,19,20,21);1H. The maximum Gasteiger partial charge on any atom is 0.211 e. The van der Waals surface area contributed by atoms with Crippen molar-refractivity contribution < 1.29 is 12.8 Å². The van der Waals surface area contributed by atoms with Crippen molar-refractivity contribution in [2.45, 2.75) is 20.3 Å². The van der Waals surface area contributed by atoms with Crippen LogP contribution in [0.5, 0.6) is 0 Å². The van der Waals surface area contributed by atoms with Crippen molar-refractivity contribution in [2.24, 2.45) is 4.99 Å². The van der Waals surface area contributed by atoms with Crippen LogP contribution >= 0.6 is 24.0 Å². The van der Waals surface area contributed by atoms with Crippen LogP contribution in [0, 0.1) is 5.82 Å². The number of hydrogen-bond donors (Lipinski definition) is 4. The average Bonchev–Trinajstić information content (AvgIpc) is 3.00. The number of aromatic amines is 1. The molecule has 0 saturated carbocycles. The summed E-state index contributed by atoms with van der Waals surface area (Å²) in [5.41, 5.74) is 1.88. The van der Waals surface area contributed by atoms with Crippen LogP contribution in [0.3, 0.4) is 0 Å². The first kappa shape index (κ1) is 23.6. The summed E-state index contributed by atoms with van der Waals surface area (Å²) in [6.07, 6.45) is 2.63. The van der Waals surface area contributed by atoms with Crippen LogP contribution in [0.25, 0.3) is 10.9 Å². The lowest BCUT2D eigenvalue weighted by molar-refractivity contribution is 0.583. The van der Waals surface area contributed by atoms with Crippen LogP contribution in [0.1, 0.15) is 19.4 Å². The highest BCUT2D eigenvalue weighted by Crippen LogP contribution is 2.19. The zero-order chi connectivity index (χ0) is 19.0. The van der Waals surface area contributed by atoms with E-state index in [2.05, 4.69) is 25.3 Å². The number of nitrogens with one attached hydrogen (secondary N) is 4. The smallest absolute Gasteiger partial charge is 0.211 e. The molecule has 152 valence electrons. The van der Waals surface area contributed by atoms with Gasteiger partial charge in [-0.2, -0.15) is 0 Å². The van der Waals surface area contributed by atoms with Crippen LogP contribution < -0.4 is 15.4 Å². The minimum atomic E-state index is -3.19. The van der Waals surface area contributed by atoms with Crippen molar-refractivity contribution in [3.05, 3.63) is 35.8 Å². The molecule has 10 heteroatoms. The molecule has 0 spiro atoms. The molecule has 0 atom stereocenters. The van der Waals surface area contributed by atoms with Gasteiger partial charge < -0.3 is 15.6 Å². The molecular formula is C17H27FIN5O2S.